The molecule has 0 saturated carbocycles. The Morgan fingerprint density at radius 3 is 2.26 bits per heavy atom. The van der Waals surface area contributed by atoms with Gasteiger partial charge < -0.3 is 20.1 Å². The topological polar surface area (TPSA) is 93.7 Å². The number of nitrogens with one attached hydrogen (secondary N) is 2. The molecule has 1 heterocycles. The van der Waals surface area contributed by atoms with Gasteiger partial charge in [-0.2, -0.15) is 0 Å². The molecule has 3 rings (SSSR count). The number of hydrogen-bond acceptors (Lipinski definition) is 6. The maximum atomic E-state index is 12.7. The fraction of sp³-hybridized carbons (Fsp3) is 0.174. The van der Waals surface area contributed by atoms with Gasteiger partial charge in [0.05, 0.1) is 17.6 Å². The van der Waals surface area contributed by atoms with Crippen LogP contribution in [-0.2, 0) is 16.1 Å². The first kappa shape index (κ1) is 22.0. The van der Waals surface area contributed by atoms with Crippen molar-refractivity contribution < 1.29 is 23.9 Å². The zero-order valence-corrected chi connectivity index (χ0v) is 18.0. The minimum absolute atomic E-state index is 0.158. The summed E-state index contributed by atoms with van der Waals surface area (Å²) in [6.45, 7) is 1.75. The number of rotatable bonds is 8. The Hall–Kier alpha value is -3.65. The first-order chi connectivity index (χ1) is 15.0. The van der Waals surface area contributed by atoms with Gasteiger partial charge in [0.1, 0.15) is 10.8 Å². The lowest BCUT2D eigenvalue weighted by Crippen LogP contribution is -2.22. The number of amides is 2. The third kappa shape index (κ3) is 5.70. The van der Waals surface area contributed by atoms with E-state index in [0.717, 1.165) is 16.9 Å². The van der Waals surface area contributed by atoms with Crippen LogP contribution in [0.25, 0.3) is 0 Å². The summed E-state index contributed by atoms with van der Waals surface area (Å²) in [6, 6.07) is 18.4. The van der Waals surface area contributed by atoms with Crippen LogP contribution < -0.4 is 15.4 Å². The molecule has 1 aromatic heterocycles. The van der Waals surface area contributed by atoms with Gasteiger partial charge in [-0.1, -0.05) is 48.5 Å². The molecular weight excluding hydrogens is 416 g/mol. The quantitative estimate of drug-likeness (QED) is 0.522. The zero-order chi connectivity index (χ0) is 22.2. The smallest absolute Gasteiger partial charge is 0.341 e. The molecule has 0 aliphatic heterocycles. The number of hydrogen-bond donors (Lipinski definition) is 2. The average molecular weight is 439 g/mol. The molecular formula is C23H22N2O5S. The number of anilines is 1. The monoisotopic (exact) mass is 438 g/mol. The molecule has 0 aliphatic rings. The Balaban J connectivity index is 1.73. The van der Waals surface area contributed by atoms with Crippen molar-refractivity contribution in [2.24, 2.45) is 0 Å². The first-order valence-corrected chi connectivity index (χ1v) is 10.3. The first-order valence-electron chi connectivity index (χ1n) is 9.51. The van der Waals surface area contributed by atoms with E-state index in [1.54, 1.807) is 31.2 Å². The number of methoxy groups -OCH3 is 1. The van der Waals surface area contributed by atoms with Crippen molar-refractivity contribution >= 4 is 34.1 Å². The molecule has 2 N–H and O–H groups in total. The molecule has 0 bridgehead atoms. The predicted octanol–water partition coefficient (Wildman–Crippen LogP) is 3.79. The van der Waals surface area contributed by atoms with Gasteiger partial charge in [0.15, 0.2) is 6.61 Å². The minimum atomic E-state index is -0.630. The van der Waals surface area contributed by atoms with Crippen molar-refractivity contribution in [3.63, 3.8) is 0 Å². The van der Waals surface area contributed by atoms with E-state index < -0.39 is 11.9 Å². The molecule has 0 spiro atoms. The van der Waals surface area contributed by atoms with E-state index in [1.165, 1.54) is 7.11 Å². The van der Waals surface area contributed by atoms with Crippen molar-refractivity contribution in [1.82, 2.24) is 5.32 Å². The number of thiophene rings is 1. The largest absolute Gasteiger partial charge is 0.484 e. The number of para-hydroxylation sites is 1. The second-order valence-electron chi connectivity index (χ2n) is 6.57. The third-order valence-electron chi connectivity index (χ3n) is 4.40. The molecule has 31 heavy (non-hydrogen) atoms. The minimum Gasteiger partial charge on any atom is -0.484 e. The Bertz CT molecular complexity index is 1060. The van der Waals surface area contributed by atoms with Crippen LogP contribution in [0.2, 0.25) is 0 Å². The maximum absolute atomic E-state index is 12.7. The van der Waals surface area contributed by atoms with Crippen molar-refractivity contribution in [1.29, 1.82) is 0 Å². The van der Waals surface area contributed by atoms with Crippen LogP contribution in [0.4, 0.5) is 5.00 Å². The second kappa shape index (κ2) is 10.4. The van der Waals surface area contributed by atoms with Crippen molar-refractivity contribution in [3.8, 4) is 5.75 Å². The molecule has 0 atom stereocenters. The second-order valence-corrected chi connectivity index (χ2v) is 7.59. The van der Waals surface area contributed by atoms with E-state index in [4.69, 9.17) is 9.47 Å². The van der Waals surface area contributed by atoms with Crippen molar-refractivity contribution in [2.75, 3.05) is 19.0 Å². The summed E-state index contributed by atoms with van der Waals surface area (Å²) >= 11 is 1.02. The lowest BCUT2D eigenvalue weighted by Gasteiger charge is -2.07. The van der Waals surface area contributed by atoms with Crippen molar-refractivity contribution in [2.45, 2.75) is 13.5 Å². The molecule has 160 valence electrons. The van der Waals surface area contributed by atoms with Gasteiger partial charge in [-0.05, 0) is 30.2 Å². The van der Waals surface area contributed by atoms with E-state index in [0.29, 0.717) is 22.7 Å². The summed E-state index contributed by atoms with van der Waals surface area (Å²) < 4.78 is 10.3. The number of ether oxygens (including phenoxy) is 2. The van der Waals surface area contributed by atoms with E-state index in [2.05, 4.69) is 10.6 Å². The van der Waals surface area contributed by atoms with Gasteiger partial charge >= 0.3 is 5.97 Å². The molecule has 0 radical (unpaired) electrons. The Morgan fingerprint density at radius 1 is 0.968 bits per heavy atom. The summed E-state index contributed by atoms with van der Waals surface area (Å²) in [6.07, 6.45) is 0. The van der Waals surface area contributed by atoms with Crippen LogP contribution in [-0.4, -0.2) is 31.5 Å². The lowest BCUT2D eigenvalue weighted by atomic mass is 10.1. The van der Waals surface area contributed by atoms with Gasteiger partial charge in [-0.3, -0.25) is 9.59 Å². The molecule has 0 unspecified atom stereocenters. The normalized spacial score (nSPS) is 10.3. The molecule has 2 aromatic carbocycles. The molecule has 0 fully saturated rings. The third-order valence-corrected chi connectivity index (χ3v) is 5.61. The SMILES string of the molecule is COC(=O)c1c(NC(=O)COc2ccccc2)sc(C(=O)NCc2ccccc2)c1C. The number of carbonyl (C=O) groups is 3. The van der Waals surface area contributed by atoms with Crippen molar-refractivity contribution in [3.05, 3.63) is 82.2 Å². The Morgan fingerprint density at radius 2 is 1.61 bits per heavy atom. The van der Waals surface area contributed by atoms with Gasteiger partial charge in [-0.25, -0.2) is 4.79 Å². The van der Waals surface area contributed by atoms with Crippen LogP contribution in [0.1, 0.15) is 31.2 Å². The zero-order valence-electron chi connectivity index (χ0n) is 17.1. The summed E-state index contributed by atoms with van der Waals surface area (Å²) in [5, 5.41) is 5.74. The highest BCUT2D eigenvalue weighted by Gasteiger charge is 2.26. The number of esters is 1. The highest BCUT2D eigenvalue weighted by Crippen LogP contribution is 2.33. The van der Waals surface area contributed by atoms with E-state index in [1.807, 2.05) is 36.4 Å². The summed E-state index contributed by atoms with van der Waals surface area (Å²) in [4.78, 5) is 37.7. The molecule has 0 aliphatic carbocycles. The Kier molecular flexibility index (Phi) is 7.40. The molecule has 0 saturated heterocycles. The molecule has 2 amide bonds. The summed E-state index contributed by atoms with van der Waals surface area (Å²) in [7, 11) is 1.25. The molecule has 8 heteroatoms. The summed E-state index contributed by atoms with van der Waals surface area (Å²) in [5.41, 5.74) is 1.55. The van der Waals surface area contributed by atoms with Gasteiger partial charge in [0.25, 0.3) is 11.8 Å². The molecule has 3 aromatic rings. The Labute approximate surface area is 184 Å². The van der Waals surface area contributed by atoms with Gasteiger partial charge in [0, 0.05) is 6.54 Å². The van der Waals surface area contributed by atoms with Crippen LogP contribution in [0.5, 0.6) is 5.75 Å². The summed E-state index contributed by atoms with van der Waals surface area (Å²) in [5.74, 6) is -0.867. The highest BCUT2D eigenvalue weighted by molar-refractivity contribution is 7.18. The number of carbonyl (C=O) groups excluding carboxylic acids is 3. The van der Waals surface area contributed by atoms with E-state index in [-0.39, 0.29) is 23.1 Å². The fourth-order valence-corrected chi connectivity index (χ4v) is 3.98. The van der Waals surface area contributed by atoms with Gasteiger partial charge in [0.2, 0.25) is 0 Å². The van der Waals surface area contributed by atoms with Gasteiger partial charge in [-0.15, -0.1) is 11.3 Å². The fourth-order valence-electron chi connectivity index (χ4n) is 2.85. The van der Waals surface area contributed by atoms with Crippen LogP contribution >= 0.6 is 11.3 Å². The highest BCUT2D eigenvalue weighted by atomic mass is 32.1. The lowest BCUT2D eigenvalue weighted by molar-refractivity contribution is -0.118. The van der Waals surface area contributed by atoms with E-state index in [9.17, 15) is 14.4 Å². The van der Waals surface area contributed by atoms with Crippen LogP contribution in [0.3, 0.4) is 0 Å². The standard InChI is InChI=1S/C23H22N2O5S/c1-15-19(23(28)29-2)22(25-18(26)14-30-17-11-7-4-8-12-17)31-20(15)21(27)24-13-16-9-5-3-6-10-16/h3-12H,13-14H2,1-2H3,(H,24,27)(H,25,26). The molecule has 7 nitrogen and oxygen atoms in total. The predicted molar refractivity (Wildman–Crippen MR) is 119 cm³/mol. The average Bonchev–Trinajstić information content (AvgIpc) is 3.12. The number of benzene rings is 2. The van der Waals surface area contributed by atoms with Crippen LogP contribution in [0, 0.1) is 6.92 Å². The van der Waals surface area contributed by atoms with E-state index >= 15 is 0 Å². The maximum Gasteiger partial charge on any atom is 0.341 e. The van der Waals surface area contributed by atoms with Crippen LogP contribution in [0.15, 0.2) is 60.7 Å².